The minimum absolute atomic E-state index is 0.152. The average molecular weight is 293 g/mol. The fraction of sp³-hybridized carbons (Fsp3) is 0.267. The topological polar surface area (TPSA) is 54.4 Å². The van der Waals surface area contributed by atoms with Crippen molar-refractivity contribution in [3.05, 3.63) is 46.7 Å². The first-order valence-corrected chi connectivity index (χ1v) is 6.78. The second kappa shape index (κ2) is 6.48. The molecule has 2 aromatic rings. The maximum atomic E-state index is 9.65. The van der Waals surface area contributed by atoms with Crippen LogP contribution in [0.5, 0.6) is 11.5 Å². The lowest BCUT2D eigenvalue weighted by atomic mass is 10.2. The van der Waals surface area contributed by atoms with Gasteiger partial charge >= 0.3 is 0 Å². The molecule has 2 N–H and O–H groups in total. The van der Waals surface area contributed by atoms with Crippen LogP contribution in [0, 0.1) is 6.92 Å². The van der Waals surface area contributed by atoms with E-state index in [4.69, 9.17) is 16.3 Å². The predicted octanol–water partition coefficient (Wildman–Crippen LogP) is 3.76. The van der Waals surface area contributed by atoms with Crippen LogP contribution in [-0.2, 0) is 6.54 Å². The number of ether oxygens (including phenoxy) is 1. The fourth-order valence-corrected chi connectivity index (χ4v) is 1.90. The van der Waals surface area contributed by atoms with Crippen molar-refractivity contribution in [2.24, 2.45) is 0 Å². The summed E-state index contributed by atoms with van der Waals surface area (Å²) in [5.74, 6) is 0.650. The Hall–Kier alpha value is -1.94. The van der Waals surface area contributed by atoms with Crippen LogP contribution in [0.4, 0.5) is 5.69 Å². The van der Waals surface area contributed by atoms with Crippen LogP contribution < -0.4 is 10.1 Å². The fourth-order valence-electron chi connectivity index (χ4n) is 1.80. The van der Waals surface area contributed by atoms with Crippen LogP contribution in [0.15, 0.2) is 30.5 Å². The molecule has 1 heterocycles. The van der Waals surface area contributed by atoms with Gasteiger partial charge in [-0.15, -0.1) is 0 Å². The summed E-state index contributed by atoms with van der Waals surface area (Å²) < 4.78 is 5.36. The number of hydrogen-bond acceptors (Lipinski definition) is 4. The minimum Gasteiger partial charge on any atom is -0.504 e. The number of halogens is 1. The van der Waals surface area contributed by atoms with Crippen molar-refractivity contribution in [3.63, 3.8) is 0 Å². The van der Waals surface area contributed by atoms with Crippen LogP contribution in [-0.4, -0.2) is 16.7 Å². The molecule has 0 amide bonds. The van der Waals surface area contributed by atoms with Crippen molar-refractivity contribution in [1.82, 2.24) is 4.98 Å². The number of benzene rings is 1. The number of nitrogens with one attached hydrogen (secondary N) is 1. The molecule has 20 heavy (non-hydrogen) atoms. The molecule has 2 rings (SSSR count). The second-order valence-electron chi connectivity index (χ2n) is 4.42. The second-order valence-corrected chi connectivity index (χ2v) is 4.78. The number of rotatable bonds is 5. The summed E-state index contributed by atoms with van der Waals surface area (Å²) in [6.45, 7) is 4.93. The van der Waals surface area contributed by atoms with Gasteiger partial charge in [0.25, 0.3) is 0 Å². The normalized spacial score (nSPS) is 10.3. The molecule has 1 aromatic carbocycles. The van der Waals surface area contributed by atoms with E-state index >= 15 is 0 Å². The molecular formula is C15H17ClN2O2. The quantitative estimate of drug-likeness (QED) is 0.824. The third-order valence-electron chi connectivity index (χ3n) is 2.84. The number of phenols is 1. The van der Waals surface area contributed by atoms with Crippen LogP contribution in [0.2, 0.25) is 5.15 Å². The number of hydrogen-bond donors (Lipinski definition) is 2. The Bertz CT molecular complexity index is 602. The lowest BCUT2D eigenvalue weighted by Gasteiger charge is -2.10. The zero-order valence-corrected chi connectivity index (χ0v) is 12.2. The number of pyridine rings is 1. The molecule has 0 atom stereocenters. The monoisotopic (exact) mass is 292 g/mol. The van der Waals surface area contributed by atoms with Crippen molar-refractivity contribution in [2.75, 3.05) is 11.9 Å². The van der Waals surface area contributed by atoms with E-state index < -0.39 is 0 Å². The molecule has 0 aliphatic heterocycles. The number of aromatic nitrogens is 1. The predicted molar refractivity (Wildman–Crippen MR) is 80.6 cm³/mol. The van der Waals surface area contributed by atoms with E-state index in [1.165, 1.54) is 0 Å². The van der Waals surface area contributed by atoms with Gasteiger partial charge in [-0.2, -0.15) is 0 Å². The molecule has 106 valence electrons. The van der Waals surface area contributed by atoms with E-state index in [-0.39, 0.29) is 5.75 Å². The Morgan fingerprint density at radius 3 is 2.85 bits per heavy atom. The van der Waals surface area contributed by atoms with Crippen molar-refractivity contribution < 1.29 is 9.84 Å². The summed E-state index contributed by atoms with van der Waals surface area (Å²) in [5.41, 5.74) is 2.84. The SMILES string of the molecule is CCOc1cc(CNc2cnc(Cl)c(C)c2)ccc1O. The lowest BCUT2D eigenvalue weighted by molar-refractivity contribution is 0.318. The van der Waals surface area contributed by atoms with E-state index in [1.807, 2.05) is 32.0 Å². The van der Waals surface area contributed by atoms with Crippen LogP contribution in [0.3, 0.4) is 0 Å². The van der Waals surface area contributed by atoms with Gasteiger partial charge in [0, 0.05) is 6.54 Å². The van der Waals surface area contributed by atoms with Crippen LogP contribution >= 0.6 is 11.6 Å². The van der Waals surface area contributed by atoms with Gasteiger partial charge < -0.3 is 15.2 Å². The van der Waals surface area contributed by atoms with Gasteiger partial charge in [0.1, 0.15) is 5.15 Å². The standard InChI is InChI=1S/C15H17ClN2O2/c1-3-20-14-7-11(4-5-13(14)19)8-17-12-6-10(2)15(16)18-9-12/h4-7,9,17,19H,3,8H2,1-2H3. The van der Waals surface area contributed by atoms with Crippen molar-refractivity contribution in [2.45, 2.75) is 20.4 Å². The molecule has 0 unspecified atom stereocenters. The van der Waals surface area contributed by atoms with E-state index in [0.717, 1.165) is 16.8 Å². The molecule has 5 heteroatoms. The molecular weight excluding hydrogens is 276 g/mol. The van der Waals surface area contributed by atoms with Crippen molar-refractivity contribution in [3.8, 4) is 11.5 Å². The number of nitrogens with zero attached hydrogens (tertiary/aromatic N) is 1. The molecule has 0 spiro atoms. The number of aryl methyl sites for hydroxylation is 1. The largest absolute Gasteiger partial charge is 0.504 e. The van der Waals surface area contributed by atoms with Gasteiger partial charge in [0.05, 0.1) is 18.5 Å². The highest BCUT2D eigenvalue weighted by Gasteiger charge is 2.04. The summed E-state index contributed by atoms with van der Waals surface area (Å²) in [7, 11) is 0. The first-order valence-electron chi connectivity index (χ1n) is 6.41. The summed E-state index contributed by atoms with van der Waals surface area (Å²) in [4.78, 5) is 4.09. The molecule has 0 saturated heterocycles. The van der Waals surface area contributed by atoms with Crippen molar-refractivity contribution >= 4 is 17.3 Å². The average Bonchev–Trinajstić information content (AvgIpc) is 2.43. The molecule has 0 aliphatic rings. The first-order chi connectivity index (χ1) is 9.60. The van der Waals surface area contributed by atoms with Crippen molar-refractivity contribution in [1.29, 1.82) is 0 Å². The lowest BCUT2D eigenvalue weighted by Crippen LogP contribution is -2.01. The Balaban J connectivity index is 2.06. The Morgan fingerprint density at radius 2 is 2.15 bits per heavy atom. The summed E-state index contributed by atoms with van der Waals surface area (Å²) in [6, 6.07) is 7.25. The molecule has 0 bridgehead atoms. The smallest absolute Gasteiger partial charge is 0.161 e. The van der Waals surface area contributed by atoms with E-state index in [0.29, 0.717) is 24.1 Å². The van der Waals surface area contributed by atoms with Gasteiger partial charge in [-0.25, -0.2) is 4.98 Å². The summed E-state index contributed by atoms with van der Waals surface area (Å²) in [6.07, 6.45) is 1.69. The van der Waals surface area contributed by atoms with Crippen LogP contribution in [0.1, 0.15) is 18.1 Å². The molecule has 0 radical (unpaired) electrons. The molecule has 1 aromatic heterocycles. The van der Waals surface area contributed by atoms with Gasteiger partial charge in [0.2, 0.25) is 0 Å². The zero-order valence-electron chi connectivity index (χ0n) is 11.5. The Morgan fingerprint density at radius 1 is 1.35 bits per heavy atom. The first kappa shape index (κ1) is 14.5. The van der Waals surface area contributed by atoms with E-state index in [1.54, 1.807) is 12.3 Å². The highest BCUT2D eigenvalue weighted by molar-refractivity contribution is 6.30. The summed E-state index contributed by atoms with van der Waals surface area (Å²) >= 11 is 5.89. The maximum Gasteiger partial charge on any atom is 0.161 e. The van der Waals surface area contributed by atoms with E-state index in [9.17, 15) is 5.11 Å². The third-order valence-corrected chi connectivity index (χ3v) is 3.23. The number of anilines is 1. The van der Waals surface area contributed by atoms with Gasteiger partial charge in [-0.1, -0.05) is 17.7 Å². The Labute approximate surface area is 123 Å². The summed E-state index contributed by atoms with van der Waals surface area (Å²) in [5, 5.41) is 13.4. The molecule has 0 fully saturated rings. The Kier molecular flexibility index (Phi) is 4.69. The number of phenolic OH excluding ortho intramolecular Hbond substituents is 1. The van der Waals surface area contributed by atoms with Gasteiger partial charge in [0.15, 0.2) is 11.5 Å². The van der Waals surface area contributed by atoms with Gasteiger partial charge in [-0.05, 0) is 43.2 Å². The zero-order chi connectivity index (χ0) is 14.5. The highest BCUT2D eigenvalue weighted by Crippen LogP contribution is 2.27. The van der Waals surface area contributed by atoms with Crippen LogP contribution in [0.25, 0.3) is 0 Å². The minimum atomic E-state index is 0.152. The maximum absolute atomic E-state index is 9.65. The third kappa shape index (κ3) is 3.54. The van der Waals surface area contributed by atoms with E-state index in [2.05, 4.69) is 10.3 Å². The molecule has 4 nitrogen and oxygen atoms in total. The highest BCUT2D eigenvalue weighted by atomic mass is 35.5. The molecule has 0 saturated carbocycles. The molecule has 0 aliphatic carbocycles. The van der Waals surface area contributed by atoms with Gasteiger partial charge in [-0.3, -0.25) is 0 Å². The number of aromatic hydroxyl groups is 1.